The van der Waals surface area contributed by atoms with E-state index in [1.165, 1.54) is 12.1 Å². The molecule has 0 aliphatic heterocycles. The van der Waals surface area contributed by atoms with E-state index in [-0.39, 0.29) is 24.3 Å². The Labute approximate surface area is 145 Å². The van der Waals surface area contributed by atoms with Crippen LogP contribution in [-0.4, -0.2) is 50.8 Å². The molecule has 1 fully saturated rings. The maximum atomic E-state index is 13.3. The van der Waals surface area contributed by atoms with Gasteiger partial charge in [0.25, 0.3) is 0 Å². The van der Waals surface area contributed by atoms with Gasteiger partial charge in [0.1, 0.15) is 30.3 Å². The average Bonchev–Trinajstić information content (AvgIpc) is 3.09. The number of aliphatic hydroxyl groups excluding tert-OH is 1. The van der Waals surface area contributed by atoms with E-state index in [1.54, 1.807) is 47.4 Å². The lowest BCUT2D eigenvalue weighted by Gasteiger charge is -2.39. The van der Waals surface area contributed by atoms with E-state index in [0.29, 0.717) is 18.6 Å². The number of hydrogen-bond acceptors (Lipinski definition) is 4. The molecule has 1 aromatic carbocycles. The summed E-state index contributed by atoms with van der Waals surface area (Å²) in [5.74, 6) is -0.0995. The quantitative estimate of drug-likeness (QED) is 0.896. The summed E-state index contributed by atoms with van der Waals surface area (Å²) in [5, 5.41) is 10.7. The van der Waals surface area contributed by atoms with Crippen molar-refractivity contribution in [3.63, 3.8) is 0 Å². The van der Waals surface area contributed by atoms with Crippen LogP contribution in [0.4, 0.5) is 4.39 Å². The smallest absolute Gasteiger partial charge is 0.242 e. The van der Waals surface area contributed by atoms with E-state index in [1.807, 2.05) is 0 Å². The lowest BCUT2D eigenvalue weighted by molar-refractivity contribution is -0.138. The Morgan fingerprint density at radius 3 is 3.04 bits per heavy atom. The fraction of sp³-hybridized carbons (Fsp3) is 0.444. The first-order valence-corrected chi connectivity index (χ1v) is 8.36. The molecular weight excluding hydrogens is 325 g/mol. The number of amides is 1. The van der Waals surface area contributed by atoms with Crippen LogP contribution in [0.25, 0.3) is 0 Å². The number of nitrogens with zero attached hydrogens (tertiary/aromatic N) is 3. The predicted octanol–water partition coefficient (Wildman–Crippen LogP) is 1.84. The van der Waals surface area contributed by atoms with E-state index in [2.05, 4.69) is 4.98 Å². The zero-order valence-corrected chi connectivity index (χ0v) is 14.1. The highest BCUT2D eigenvalue weighted by molar-refractivity contribution is 5.76. The van der Waals surface area contributed by atoms with Crippen LogP contribution in [-0.2, 0) is 11.3 Å². The number of carbonyl (C=O) groups is 1. The average molecular weight is 347 g/mol. The lowest BCUT2D eigenvalue weighted by atomic mass is 9.89. The second-order valence-electron chi connectivity index (χ2n) is 6.34. The summed E-state index contributed by atoms with van der Waals surface area (Å²) in [7, 11) is 1.69. The molecule has 1 saturated carbocycles. The Hall–Kier alpha value is -2.41. The van der Waals surface area contributed by atoms with Crippen molar-refractivity contribution >= 4 is 5.91 Å². The van der Waals surface area contributed by atoms with Crippen LogP contribution < -0.4 is 4.74 Å². The van der Waals surface area contributed by atoms with Gasteiger partial charge < -0.3 is 19.3 Å². The van der Waals surface area contributed by atoms with Crippen molar-refractivity contribution in [3.8, 4) is 5.75 Å². The monoisotopic (exact) mass is 347 g/mol. The molecule has 0 spiro atoms. The minimum Gasteiger partial charge on any atom is -0.488 e. The number of rotatable bonds is 5. The lowest BCUT2D eigenvalue weighted by Crippen LogP contribution is -2.53. The first kappa shape index (κ1) is 17.4. The second kappa shape index (κ2) is 7.65. The Morgan fingerprint density at radius 2 is 2.32 bits per heavy atom. The largest absolute Gasteiger partial charge is 0.488 e. The Morgan fingerprint density at radius 1 is 1.48 bits per heavy atom. The van der Waals surface area contributed by atoms with Crippen LogP contribution in [0, 0.1) is 5.82 Å². The SMILES string of the molecule is CN(C(=O)Cn1ccnc1)[C@@H]1CCC[C@H](Oc2cccc(F)c2)[C@H]1O. The van der Waals surface area contributed by atoms with Crippen molar-refractivity contribution in [2.45, 2.75) is 44.1 Å². The normalized spacial score (nSPS) is 23.2. The van der Waals surface area contributed by atoms with Gasteiger partial charge >= 0.3 is 0 Å². The van der Waals surface area contributed by atoms with Crippen LogP contribution in [0.15, 0.2) is 43.0 Å². The van der Waals surface area contributed by atoms with Crippen molar-refractivity contribution in [3.05, 3.63) is 48.8 Å². The molecule has 1 aliphatic rings. The number of aliphatic hydroxyl groups is 1. The number of hydrogen-bond donors (Lipinski definition) is 1. The molecule has 1 aromatic heterocycles. The van der Waals surface area contributed by atoms with E-state index in [9.17, 15) is 14.3 Å². The summed E-state index contributed by atoms with van der Waals surface area (Å²) >= 11 is 0. The van der Waals surface area contributed by atoms with Crippen LogP contribution >= 0.6 is 0 Å². The fourth-order valence-corrected chi connectivity index (χ4v) is 3.22. The third-order valence-electron chi connectivity index (χ3n) is 4.62. The standard InChI is InChI=1S/C18H22FN3O3/c1-21(17(23)11-22-9-8-20-12-22)15-6-3-7-16(18(15)24)25-14-5-2-4-13(19)10-14/h2,4-5,8-10,12,15-16,18,24H,3,6-7,11H2,1H3/t15-,16+,18+/m1/s1. The third kappa shape index (κ3) is 4.17. The summed E-state index contributed by atoms with van der Waals surface area (Å²) in [4.78, 5) is 17.9. The molecule has 1 N–H and O–H groups in total. The van der Waals surface area contributed by atoms with Gasteiger partial charge in [-0.25, -0.2) is 9.37 Å². The molecule has 6 nitrogen and oxygen atoms in total. The Bertz CT molecular complexity index is 707. The molecule has 1 aliphatic carbocycles. The number of ether oxygens (including phenoxy) is 1. The van der Waals surface area contributed by atoms with Crippen LogP contribution in [0.2, 0.25) is 0 Å². The minimum absolute atomic E-state index is 0.103. The number of benzene rings is 1. The van der Waals surface area contributed by atoms with Gasteiger partial charge in [-0.1, -0.05) is 6.07 Å². The van der Waals surface area contributed by atoms with Crippen molar-refractivity contribution in [2.24, 2.45) is 0 Å². The molecule has 1 amide bonds. The predicted molar refractivity (Wildman–Crippen MR) is 89.5 cm³/mol. The number of carbonyl (C=O) groups excluding carboxylic acids is 1. The molecule has 0 bridgehead atoms. The molecule has 2 aromatic rings. The minimum atomic E-state index is -0.825. The van der Waals surface area contributed by atoms with Crippen molar-refractivity contribution in [1.82, 2.24) is 14.5 Å². The Kier molecular flexibility index (Phi) is 5.33. The highest BCUT2D eigenvalue weighted by Gasteiger charge is 2.37. The van der Waals surface area contributed by atoms with Gasteiger partial charge in [0.15, 0.2) is 0 Å². The van der Waals surface area contributed by atoms with Gasteiger partial charge in [0.2, 0.25) is 5.91 Å². The summed E-state index contributed by atoms with van der Waals surface area (Å²) in [6.07, 6.45) is 5.82. The number of likely N-dealkylation sites (N-methyl/N-ethyl adjacent to an activating group) is 1. The first-order valence-electron chi connectivity index (χ1n) is 8.36. The van der Waals surface area contributed by atoms with Gasteiger partial charge in [0, 0.05) is 25.5 Å². The Balaban J connectivity index is 1.64. The topological polar surface area (TPSA) is 67.6 Å². The van der Waals surface area contributed by atoms with Gasteiger partial charge in [-0.3, -0.25) is 4.79 Å². The van der Waals surface area contributed by atoms with E-state index in [4.69, 9.17) is 4.74 Å². The summed E-state index contributed by atoms with van der Waals surface area (Å²) in [6, 6.07) is 5.54. The van der Waals surface area contributed by atoms with E-state index >= 15 is 0 Å². The van der Waals surface area contributed by atoms with E-state index < -0.39 is 12.2 Å². The summed E-state index contributed by atoms with van der Waals surface area (Å²) in [6.45, 7) is 0.176. The zero-order valence-electron chi connectivity index (χ0n) is 14.1. The zero-order chi connectivity index (χ0) is 17.8. The van der Waals surface area contributed by atoms with Crippen molar-refractivity contribution in [1.29, 1.82) is 0 Å². The molecule has 134 valence electrons. The molecule has 3 atom stereocenters. The highest BCUT2D eigenvalue weighted by atomic mass is 19.1. The van der Waals surface area contributed by atoms with Gasteiger partial charge in [-0.05, 0) is 31.4 Å². The van der Waals surface area contributed by atoms with Gasteiger partial charge in [0.05, 0.1) is 12.4 Å². The maximum absolute atomic E-state index is 13.3. The van der Waals surface area contributed by atoms with Crippen LogP contribution in [0.3, 0.4) is 0 Å². The van der Waals surface area contributed by atoms with Crippen LogP contribution in [0.1, 0.15) is 19.3 Å². The second-order valence-corrected chi connectivity index (χ2v) is 6.34. The van der Waals surface area contributed by atoms with Crippen molar-refractivity contribution in [2.75, 3.05) is 7.05 Å². The number of aromatic nitrogens is 2. The molecule has 0 radical (unpaired) electrons. The highest BCUT2D eigenvalue weighted by Crippen LogP contribution is 2.27. The molecule has 0 saturated heterocycles. The summed E-state index contributed by atoms with van der Waals surface area (Å²) in [5.41, 5.74) is 0. The third-order valence-corrected chi connectivity index (χ3v) is 4.62. The maximum Gasteiger partial charge on any atom is 0.242 e. The number of halogens is 1. The molecule has 3 rings (SSSR count). The van der Waals surface area contributed by atoms with Gasteiger partial charge in [-0.2, -0.15) is 0 Å². The van der Waals surface area contributed by atoms with Crippen LogP contribution in [0.5, 0.6) is 5.75 Å². The number of imidazole rings is 1. The van der Waals surface area contributed by atoms with E-state index in [0.717, 1.165) is 6.42 Å². The molecule has 7 heteroatoms. The molecule has 1 heterocycles. The van der Waals surface area contributed by atoms with Gasteiger partial charge in [-0.15, -0.1) is 0 Å². The molecular formula is C18H22FN3O3. The summed E-state index contributed by atoms with van der Waals surface area (Å²) < 4.78 is 20.8. The molecule has 0 unspecified atom stereocenters. The van der Waals surface area contributed by atoms with Crippen molar-refractivity contribution < 1.29 is 19.0 Å². The fourth-order valence-electron chi connectivity index (χ4n) is 3.22. The first-order chi connectivity index (χ1) is 12.0. The molecule has 25 heavy (non-hydrogen) atoms.